The molecule has 0 saturated carbocycles. The summed E-state index contributed by atoms with van der Waals surface area (Å²) in [5.41, 5.74) is 4.12. The Morgan fingerprint density at radius 1 is 1.12 bits per heavy atom. The summed E-state index contributed by atoms with van der Waals surface area (Å²) in [4.78, 5) is 26.0. The number of likely N-dealkylation sites (N-methyl/N-ethyl adjacent to an activating group) is 1. The highest BCUT2D eigenvalue weighted by Crippen LogP contribution is 2.34. The molecular formula is C19H20N2O3. The number of ether oxygens (including phenoxy) is 1. The van der Waals surface area contributed by atoms with E-state index in [4.69, 9.17) is 4.74 Å². The summed E-state index contributed by atoms with van der Waals surface area (Å²) in [6.07, 6.45) is -0.516. The van der Waals surface area contributed by atoms with Gasteiger partial charge in [-0.05, 0) is 62.2 Å². The summed E-state index contributed by atoms with van der Waals surface area (Å²) in [6.45, 7) is 5.74. The molecule has 0 radical (unpaired) electrons. The molecule has 124 valence electrons. The first-order chi connectivity index (χ1) is 11.4. The van der Waals surface area contributed by atoms with Crippen LogP contribution in [-0.4, -0.2) is 25.0 Å². The van der Waals surface area contributed by atoms with E-state index in [-0.39, 0.29) is 11.8 Å². The van der Waals surface area contributed by atoms with Gasteiger partial charge in [0.15, 0.2) is 6.10 Å². The Kier molecular flexibility index (Phi) is 4.01. The summed E-state index contributed by atoms with van der Waals surface area (Å²) in [7, 11) is 1.69. The molecule has 5 heteroatoms. The predicted molar refractivity (Wildman–Crippen MR) is 93.8 cm³/mol. The highest BCUT2D eigenvalue weighted by atomic mass is 16.5. The van der Waals surface area contributed by atoms with Crippen molar-refractivity contribution >= 4 is 23.2 Å². The number of benzene rings is 2. The van der Waals surface area contributed by atoms with Crippen LogP contribution in [0.1, 0.15) is 28.4 Å². The normalized spacial score (nSPS) is 16.4. The number of carbonyl (C=O) groups excluding carboxylic acids is 2. The average molecular weight is 324 g/mol. The van der Waals surface area contributed by atoms with E-state index in [2.05, 4.69) is 5.32 Å². The van der Waals surface area contributed by atoms with Gasteiger partial charge in [0.1, 0.15) is 5.75 Å². The number of nitrogens with one attached hydrogen (secondary N) is 1. The third-order valence-corrected chi connectivity index (χ3v) is 4.33. The van der Waals surface area contributed by atoms with E-state index < -0.39 is 6.10 Å². The maximum atomic E-state index is 12.5. The minimum absolute atomic E-state index is 0.130. The van der Waals surface area contributed by atoms with Crippen molar-refractivity contribution in [2.24, 2.45) is 0 Å². The number of aryl methyl sites for hydroxylation is 2. The number of amides is 2. The van der Waals surface area contributed by atoms with Crippen LogP contribution in [0.15, 0.2) is 36.4 Å². The Balaban J connectivity index is 1.86. The molecule has 1 aliphatic rings. The van der Waals surface area contributed by atoms with Crippen LogP contribution in [0.25, 0.3) is 0 Å². The lowest BCUT2D eigenvalue weighted by molar-refractivity contribution is -0.125. The predicted octanol–water partition coefficient (Wildman–Crippen LogP) is 3.30. The lowest BCUT2D eigenvalue weighted by Crippen LogP contribution is -2.42. The molecule has 0 spiro atoms. The summed E-state index contributed by atoms with van der Waals surface area (Å²) in [6, 6.07) is 10.9. The maximum Gasteiger partial charge on any atom is 0.267 e. The standard InChI is InChI=1S/C19H20N2O3/c1-11-5-7-15(9-12(11)2)20-18(22)14-6-8-17-16(10-14)21(4)19(23)13(3)24-17/h5-10,13H,1-4H3,(H,20,22). The fourth-order valence-electron chi connectivity index (χ4n) is 2.68. The molecule has 0 aliphatic carbocycles. The fraction of sp³-hybridized carbons (Fsp3) is 0.263. The number of fused-ring (bicyclic) bond motifs is 1. The molecule has 0 bridgehead atoms. The number of carbonyl (C=O) groups is 2. The zero-order valence-electron chi connectivity index (χ0n) is 14.2. The minimum atomic E-state index is -0.516. The van der Waals surface area contributed by atoms with Crippen LogP contribution < -0.4 is 15.0 Å². The first-order valence-corrected chi connectivity index (χ1v) is 7.83. The van der Waals surface area contributed by atoms with Gasteiger partial charge in [0.2, 0.25) is 0 Å². The van der Waals surface area contributed by atoms with Crippen molar-refractivity contribution in [1.29, 1.82) is 0 Å². The Hall–Kier alpha value is -2.82. The second-order valence-corrected chi connectivity index (χ2v) is 6.09. The first kappa shape index (κ1) is 16.1. The number of nitrogens with zero attached hydrogens (tertiary/aromatic N) is 1. The summed E-state index contributed by atoms with van der Waals surface area (Å²) < 4.78 is 5.57. The summed E-state index contributed by atoms with van der Waals surface area (Å²) in [5, 5.41) is 2.88. The van der Waals surface area contributed by atoms with Crippen molar-refractivity contribution in [3.05, 3.63) is 53.1 Å². The first-order valence-electron chi connectivity index (χ1n) is 7.83. The zero-order valence-corrected chi connectivity index (χ0v) is 14.2. The van der Waals surface area contributed by atoms with Crippen molar-refractivity contribution in [3.8, 4) is 5.75 Å². The van der Waals surface area contributed by atoms with E-state index >= 15 is 0 Å². The lowest BCUT2D eigenvalue weighted by atomic mass is 10.1. The molecule has 1 unspecified atom stereocenters. The average Bonchev–Trinajstić information content (AvgIpc) is 2.56. The smallest absolute Gasteiger partial charge is 0.267 e. The van der Waals surface area contributed by atoms with Gasteiger partial charge in [-0.2, -0.15) is 0 Å². The Labute approximate surface area is 141 Å². The molecule has 1 atom stereocenters. The molecule has 0 aromatic heterocycles. The molecule has 24 heavy (non-hydrogen) atoms. The summed E-state index contributed by atoms with van der Waals surface area (Å²) in [5.74, 6) is 0.252. The lowest BCUT2D eigenvalue weighted by Gasteiger charge is -2.30. The molecule has 2 amide bonds. The second kappa shape index (κ2) is 6.00. The molecule has 0 fully saturated rings. The van der Waals surface area contributed by atoms with Crippen molar-refractivity contribution in [1.82, 2.24) is 0 Å². The van der Waals surface area contributed by atoms with Crippen LogP contribution in [0.5, 0.6) is 5.75 Å². The van der Waals surface area contributed by atoms with Gasteiger partial charge in [0.05, 0.1) is 5.69 Å². The Morgan fingerprint density at radius 2 is 1.88 bits per heavy atom. The molecule has 2 aromatic carbocycles. The van der Waals surface area contributed by atoms with Crippen LogP contribution in [0, 0.1) is 13.8 Å². The van der Waals surface area contributed by atoms with Crippen LogP contribution in [0.4, 0.5) is 11.4 Å². The van der Waals surface area contributed by atoms with Gasteiger partial charge in [0.25, 0.3) is 11.8 Å². The molecule has 5 nitrogen and oxygen atoms in total. The SMILES string of the molecule is Cc1ccc(NC(=O)c2ccc3c(c2)N(C)C(=O)C(C)O3)cc1C. The number of hydrogen-bond donors (Lipinski definition) is 1. The van der Waals surface area contributed by atoms with E-state index in [0.29, 0.717) is 17.0 Å². The molecule has 1 aliphatic heterocycles. The van der Waals surface area contributed by atoms with Gasteiger partial charge < -0.3 is 15.0 Å². The quantitative estimate of drug-likeness (QED) is 0.922. The topological polar surface area (TPSA) is 58.6 Å². The van der Waals surface area contributed by atoms with Crippen molar-refractivity contribution in [3.63, 3.8) is 0 Å². The number of hydrogen-bond acceptors (Lipinski definition) is 3. The van der Waals surface area contributed by atoms with Gasteiger partial charge in [-0.15, -0.1) is 0 Å². The van der Waals surface area contributed by atoms with Gasteiger partial charge in [-0.25, -0.2) is 0 Å². The molecule has 3 rings (SSSR count). The van der Waals surface area contributed by atoms with Crippen molar-refractivity contribution in [2.75, 3.05) is 17.3 Å². The van der Waals surface area contributed by atoms with E-state index in [1.807, 2.05) is 32.0 Å². The Bertz CT molecular complexity index is 829. The van der Waals surface area contributed by atoms with Gasteiger partial charge in [-0.3, -0.25) is 9.59 Å². The van der Waals surface area contributed by atoms with Gasteiger partial charge >= 0.3 is 0 Å². The zero-order chi connectivity index (χ0) is 17.4. The molecule has 2 aromatic rings. The number of rotatable bonds is 2. The minimum Gasteiger partial charge on any atom is -0.479 e. The molecule has 0 saturated heterocycles. The second-order valence-electron chi connectivity index (χ2n) is 6.09. The highest BCUT2D eigenvalue weighted by molar-refractivity contribution is 6.07. The van der Waals surface area contributed by atoms with Crippen LogP contribution >= 0.6 is 0 Å². The van der Waals surface area contributed by atoms with E-state index in [9.17, 15) is 9.59 Å². The van der Waals surface area contributed by atoms with E-state index in [0.717, 1.165) is 11.3 Å². The van der Waals surface area contributed by atoms with Crippen LogP contribution in [-0.2, 0) is 4.79 Å². The number of anilines is 2. The summed E-state index contributed by atoms with van der Waals surface area (Å²) >= 11 is 0. The molecular weight excluding hydrogens is 304 g/mol. The van der Waals surface area contributed by atoms with Crippen molar-refractivity contribution in [2.45, 2.75) is 26.9 Å². The van der Waals surface area contributed by atoms with Gasteiger partial charge in [0, 0.05) is 18.3 Å². The molecule has 1 N–H and O–H groups in total. The van der Waals surface area contributed by atoms with Gasteiger partial charge in [-0.1, -0.05) is 6.07 Å². The monoisotopic (exact) mass is 324 g/mol. The fourth-order valence-corrected chi connectivity index (χ4v) is 2.68. The molecule has 1 heterocycles. The Morgan fingerprint density at radius 3 is 2.58 bits per heavy atom. The van der Waals surface area contributed by atoms with Crippen LogP contribution in [0.2, 0.25) is 0 Å². The highest BCUT2D eigenvalue weighted by Gasteiger charge is 2.29. The maximum absolute atomic E-state index is 12.5. The largest absolute Gasteiger partial charge is 0.479 e. The van der Waals surface area contributed by atoms with Crippen molar-refractivity contribution < 1.29 is 14.3 Å². The van der Waals surface area contributed by atoms with Crippen LogP contribution in [0.3, 0.4) is 0 Å². The van der Waals surface area contributed by atoms with E-state index in [1.165, 1.54) is 10.5 Å². The third-order valence-electron chi connectivity index (χ3n) is 4.33. The third kappa shape index (κ3) is 2.85. The van der Waals surface area contributed by atoms with E-state index in [1.54, 1.807) is 32.2 Å².